The Kier molecular flexibility index (Phi) is 9.25. The topological polar surface area (TPSA) is 41.1 Å². The van der Waals surface area contributed by atoms with Crippen LogP contribution in [0.25, 0.3) is 0 Å². The van der Waals surface area contributed by atoms with Crippen LogP contribution in [0.1, 0.15) is 6.92 Å². The second-order valence-electron chi connectivity index (χ2n) is 2.49. The molecule has 0 aromatic rings. The highest BCUT2D eigenvalue weighted by Gasteiger charge is 1.97. The number of rotatable bonds is 8. The van der Waals surface area contributed by atoms with Crippen molar-refractivity contribution >= 4 is 17.7 Å². The van der Waals surface area contributed by atoms with Crippen LogP contribution in [0.4, 0.5) is 0 Å². The first-order valence-electron chi connectivity index (χ1n) is 4.47. The van der Waals surface area contributed by atoms with Gasteiger partial charge < -0.3 is 10.6 Å². The van der Waals surface area contributed by atoms with E-state index in [1.165, 1.54) is 0 Å². The number of carbonyl (C=O) groups excluding carboxylic acids is 1. The summed E-state index contributed by atoms with van der Waals surface area (Å²) in [6.07, 6.45) is 1.87. The smallest absolute Gasteiger partial charge is 0.233 e. The van der Waals surface area contributed by atoms with E-state index in [1.54, 1.807) is 11.8 Å². The maximum Gasteiger partial charge on any atom is 0.233 e. The van der Waals surface area contributed by atoms with E-state index in [4.69, 9.17) is 0 Å². The highest BCUT2D eigenvalue weighted by Crippen LogP contribution is 1.96. The lowest BCUT2D eigenvalue weighted by Gasteiger charge is -2.04. The number of hydrogen-bond acceptors (Lipinski definition) is 3. The van der Waals surface area contributed by atoms with Gasteiger partial charge in [-0.15, -0.1) is 6.58 Å². The fourth-order valence-electron chi connectivity index (χ4n) is 0.730. The number of amides is 1. The number of likely N-dealkylation sites (N-methyl/N-ethyl adjacent to an activating group) is 1. The summed E-state index contributed by atoms with van der Waals surface area (Å²) in [7, 11) is 0. The van der Waals surface area contributed by atoms with E-state index in [-0.39, 0.29) is 5.91 Å². The van der Waals surface area contributed by atoms with Gasteiger partial charge in [-0.1, -0.05) is 13.0 Å². The Morgan fingerprint density at radius 2 is 2.38 bits per heavy atom. The number of nitrogens with one attached hydrogen (secondary N) is 2. The molecule has 0 rings (SSSR count). The molecule has 13 heavy (non-hydrogen) atoms. The molecular weight excluding hydrogens is 184 g/mol. The minimum atomic E-state index is 0.0704. The molecule has 0 fully saturated rings. The highest BCUT2D eigenvalue weighted by atomic mass is 32.2. The summed E-state index contributed by atoms with van der Waals surface area (Å²) in [6, 6.07) is 0. The molecule has 0 heterocycles. The summed E-state index contributed by atoms with van der Waals surface area (Å²) < 4.78 is 0. The molecule has 0 aromatic heterocycles. The zero-order valence-corrected chi connectivity index (χ0v) is 8.95. The zero-order chi connectivity index (χ0) is 9.94. The van der Waals surface area contributed by atoms with Crippen LogP contribution in [0, 0.1) is 0 Å². The predicted octanol–water partition coefficient (Wildman–Crippen LogP) is 0.631. The molecule has 0 bridgehead atoms. The fourth-order valence-corrected chi connectivity index (χ4v) is 1.31. The molecule has 0 aliphatic carbocycles. The first kappa shape index (κ1) is 12.5. The Morgan fingerprint density at radius 3 is 3.00 bits per heavy atom. The molecule has 76 valence electrons. The monoisotopic (exact) mass is 202 g/mol. The van der Waals surface area contributed by atoms with Crippen molar-refractivity contribution in [3.05, 3.63) is 12.7 Å². The largest absolute Gasteiger partial charge is 0.354 e. The van der Waals surface area contributed by atoms with Crippen molar-refractivity contribution in [3.8, 4) is 0 Å². The van der Waals surface area contributed by atoms with Crippen LogP contribution in [-0.4, -0.2) is 37.0 Å². The third-order valence-electron chi connectivity index (χ3n) is 1.34. The van der Waals surface area contributed by atoms with Crippen LogP contribution in [0.2, 0.25) is 0 Å². The summed E-state index contributed by atoms with van der Waals surface area (Å²) in [4.78, 5) is 11.0. The van der Waals surface area contributed by atoms with E-state index in [0.29, 0.717) is 6.54 Å². The first-order valence-corrected chi connectivity index (χ1v) is 5.62. The normalized spacial score (nSPS) is 9.62. The summed E-state index contributed by atoms with van der Waals surface area (Å²) in [5.74, 6) is 1.97. The average Bonchev–Trinajstić information content (AvgIpc) is 2.14. The predicted molar refractivity (Wildman–Crippen MR) is 59.1 cm³/mol. The van der Waals surface area contributed by atoms with Crippen molar-refractivity contribution < 1.29 is 4.79 Å². The quantitative estimate of drug-likeness (QED) is 0.448. The lowest BCUT2D eigenvalue weighted by molar-refractivity contribution is -0.120. The van der Waals surface area contributed by atoms with Crippen molar-refractivity contribution in [1.29, 1.82) is 0 Å². The van der Waals surface area contributed by atoms with E-state index in [9.17, 15) is 4.79 Å². The van der Waals surface area contributed by atoms with Gasteiger partial charge in [0.05, 0.1) is 6.54 Å². The molecule has 0 saturated heterocycles. The van der Waals surface area contributed by atoms with Gasteiger partial charge in [0.2, 0.25) is 5.91 Å². The molecular formula is C9H18N2OS. The van der Waals surface area contributed by atoms with Crippen LogP contribution in [-0.2, 0) is 4.79 Å². The molecule has 1 amide bonds. The number of hydrogen-bond donors (Lipinski definition) is 2. The van der Waals surface area contributed by atoms with Crippen LogP contribution in [0.15, 0.2) is 12.7 Å². The van der Waals surface area contributed by atoms with Gasteiger partial charge >= 0.3 is 0 Å². The molecule has 0 saturated carbocycles. The highest BCUT2D eigenvalue weighted by molar-refractivity contribution is 7.99. The molecule has 0 unspecified atom stereocenters. The minimum absolute atomic E-state index is 0.0704. The van der Waals surface area contributed by atoms with Gasteiger partial charge in [-0.05, 0) is 6.54 Å². The van der Waals surface area contributed by atoms with E-state index < -0.39 is 0 Å². The summed E-state index contributed by atoms with van der Waals surface area (Å²) in [5, 5.41) is 5.78. The van der Waals surface area contributed by atoms with Gasteiger partial charge in [-0.25, -0.2) is 0 Å². The van der Waals surface area contributed by atoms with Gasteiger partial charge in [0.15, 0.2) is 0 Å². The van der Waals surface area contributed by atoms with E-state index in [0.717, 1.165) is 24.6 Å². The minimum Gasteiger partial charge on any atom is -0.354 e. The first-order chi connectivity index (χ1) is 6.31. The number of carbonyl (C=O) groups is 1. The molecule has 0 atom stereocenters. The van der Waals surface area contributed by atoms with Crippen molar-refractivity contribution in [2.75, 3.05) is 31.1 Å². The standard InChI is InChI=1S/C9H18N2OS/c1-3-6-13-7-5-11-9(12)8-10-4-2/h3,10H,1,4-8H2,2H3,(H,11,12). The molecule has 0 aromatic carbocycles. The van der Waals surface area contributed by atoms with Crippen LogP contribution in [0.5, 0.6) is 0 Å². The Hall–Kier alpha value is -0.480. The third kappa shape index (κ3) is 9.43. The lowest BCUT2D eigenvalue weighted by atomic mass is 10.5. The molecule has 0 aliphatic heterocycles. The summed E-state index contributed by atoms with van der Waals surface area (Å²) in [5.41, 5.74) is 0. The fraction of sp³-hybridized carbons (Fsp3) is 0.667. The van der Waals surface area contributed by atoms with Gasteiger partial charge in [-0.2, -0.15) is 11.8 Å². The van der Waals surface area contributed by atoms with Crippen LogP contribution < -0.4 is 10.6 Å². The van der Waals surface area contributed by atoms with E-state index in [2.05, 4.69) is 17.2 Å². The summed E-state index contributed by atoms with van der Waals surface area (Å²) >= 11 is 1.77. The zero-order valence-electron chi connectivity index (χ0n) is 8.14. The second kappa shape index (κ2) is 9.61. The van der Waals surface area contributed by atoms with Crippen molar-refractivity contribution in [2.24, 2.45) is 0 Å². The van der Waals surface area contributed by atoms with Crippen LogP contribution >= 0.6 is 11.8 Å². The van der Waals surface area contributed by atoms with Gasteiger partial charge in [0.25, 0.3) is 0 Å². The second-order valence-corrected chi connectivity index (χ2v) is 3.64. The molecule has 0 aliphatic rings. The molecule has 2 N–H and O–H groups in total. The van der Waals surface area contributed by atoms with Crippen LogP contribution in [0.3, 0.4) is 0 Å². The maximum atomic E-state index is 11.0. The molecule has 0 radical (unpaired) electrons. The van der Waals surface area contributed by atoms with Gasteiger partial charge in [0, 0.05) is 18.1 Å². The van der Waals surface area contributed by atoms with Crippen molar-refractivity contribution in [1.82, 2.24) is 10.6 Å². The van der Waals surface area contributed by atoms with E-state index in [1.807, 2.05) is 13.0 Å². The van der Waals surface area contributed by atoms with E-state index >= 15 is 0 Å². The Morgan fingerprint density at radius 1 is 1.62 bits per heavy atom. The third-order valence-corrected chi connectivity index (χ3v) is 2.30. The Bertz CT molecular complexity index is 151. The van der Waals surface area contributed by atoms with Crippen molar-refractivity contribution in [2.45, 2.75) is 6.92 Å². The van der Waals surface area contributed by atoms with Crippen molar-refractivity contribution in [3.63, 3.8) is 0 Å². The number of thioether (sulfide) groups is 1. The average molecular weight is 202 g/mol. The Labute approximate surface area is 84.4 Å². The van der Waals surface area contributed by atoms with Gasteiger partial charge in [-0.3, -0.25) is 4.79 Å². The van der Waals surface area contributed by atoms with Gasteiger partial charge in [0.1, 0.15) is 0 Å². The SMILES string of the molecule is C=CCSCCNC(=O)CNCC. The Balaban J connectivity index is 3.12. The maximum absolute atomic E-state index is 11.0. The molecule has 0 spiro atoms. The summed E-state index contributed by atoms with van der Waals surface area (Å²) in [6.45, 7) is 7.59. The molecule has 4 heteroatoms. The lowest BCUT2D eigenvalue weighted by Crippen LogP contribution is -2.34. The molecule has 3 nitrogen and oxygen atoms in total.